The number of H-pyrrole nitrogens is 1. The molecule has 1 aromatic rings. The van der Waals surface area contributed by atoms with E-state index in [1.54, 1.807) is 12.3 Å². The average Bonchev–Trinajstić information content (AvgIpc) is 2.11. The molecule has 0 aliphatic rings. The van der Waals surface area contributed by atoms with Crippen LogP contribution in [0.4, 0.5) is 0 Å². The molecule has 0 unspecified atom stereocenters. The number of aromatic amines is 1. The molecule has 0 spiro atoms. The summed E-state index contributed by atoms with van der Waals surface area (Å²) in [5, 5.41) is 8.47. The standard InChI is InChI=1S/C9H8BrNO2/c10-8-5-7(3-1-2-4-12)9(13)11-6-8/h5-6,12H,2,4H2,(H,11,13). The lowest BCUT2D eigenvalue weighted by atomic mass is 10.3. The fourth-order valence-corrected chi connectivity index (χ4v) is 1.11. The van der Waals surface area contributed by atoms with Gasteiger partial charge in [-0.1, -0.05) is 11.8 Å². The van der Waals surface area contributed by atoms with Crippen molar-refractivity contribution in [3.05, 3.63) is 32.7 Å². The Morgan fingerprint density at radius 3 is 3.08 bits per heavy atom. The van der Waals surface area contributed by atoms with Crippen LogP contribution in [0.2, 0.25) is 0 Å². The Bertz CT molecular complexity index is 400. The highest BCUT2D eigenvalue weighted by Crippen LogP contribution is 2.05. The zero-order valence-corrected chi connectivity index (χ0v) is 8.39. The van der Waals surface area contributed by atoms with Gasteiger partial charge in [0.1, 0.15) is 0 Å². The van der Waals surface area contributed by atoms with Gasteiger partial charge >= 0.3 is 0 Å². The summed E-state index contributed by atoms with van der Waals surface area (Å²) in [6, 6.07) is 1.64. The Hall–Kier alpha value is -1.05. The van der Waals surface area contributed by atoms with Gasteiger partial charge in [-0.2, -0.15) is 0 Å². The highest BCUT2D eigenvalue weighted by atomic mass is 79.9. The van der Waals surface area contributed by atoms with Crippen molar-refractivity contribution in [3.8, 4) is 11.8 Å². The summed E-state index contributed by atoms with van der Waals surface area (Å²) in [4.78, 5) is 13.7. The van der Waals surface area contributed by atoms with Gasteiger partial charge in [0.05, 0.1) is 12.2 Å². The van der Waals surface area contributed by atoms with Crippen LogP contribution in [-0.4, -0.2) is 16.7 Å². The van der Waals surface area contributed by atoms with Crippen LogP contribution in [0.25, 0.3) is 0 Å². The molecule has 0 fully saturated rings. The Morgan fingerprint density at radius 1 is 1.62 bits per heavy atom. The Balaban J connectivity index is 2.96. The first kappa shape index (κ1) is 10.0. The van der Waals surface area contributed by atoms with E-state index in [9.17, 15) is 4.79 Å². The van der Waals surface area contributed by atoms with E-state index in [1.165, 1.54) is 0 Å². The van der Waals surface area contributed by atoms with E-state index >= 15 is 0 Å². The summed E-state index contributed by atoms with van der Waals surface area (Å²) in [6.45, 7) is 0.0128. The van der Waals surface area contributed by atoms with Gasteiger partial charge in [0.2, 0.25) is 0 Å². The van der Waals surface area contributed by atoms with E-state index in [0.29, 0.717) is 12.0 Å². The van der Waals surface area contributed by atoms with E-state index in [4.69, 9.17) is 5.11 Å². The van der Waals surface area contributed by atoms with Crippen molar-refractivity contribution in [1.29, 1.82) is 0 Å². The second kappa shape index (κ2) is 4.85. The van der Waals surface area contributed by atoms with Gasteiger partial charge in [-0.05, 0) is 22.0 Å². The van der Waals surface area contributed by atoms with E-state index < -0.39 is 0 Å². The van der Waals surface area contributed by atoms with Gasteiger partial charge in [0.15, 0.2) is 0 Å². The molecule has 0 amide bonds. The second-order valence-electron chi connectivity index (χ2n) is 2.34. The number of halogens is 1. The van der Waals surface area contributed by atoms with Crippen LogP contribution < -0.4 is 5.56 Å². The van der Waals surface area contributed by atoms with Gasteiger partial charge < -0.3 is 10.1 Å². The zero-order chi connectivity index (χ0) is 9.68. The first-order valence-electron chi connectivity index (χ1n) is 3.72. The highest BCUT2D eigenvalue weighted by molar-refractivity contribution is 9.10. The average molecular weight is 242 g/mol. The van der Waals surface area contributed by atoms with Crippen molar-refractivity contribution in [1.82, 2.24) is 4.98 Å². The topological polar surface area (TPSA) is 53.1 Å². The van der Waals surface area contributed by atoms with Crippen molar-refractivity contribution in [3.63, 3.8) is 0 Å². The lowest BCUT2D eigenvalue weighted by molar-refractivity contribution is 0.305. The molecule has 3 nitrogen and oxygen atoms in total. The molecule has 0 bridgehead atoms. The summed E-state index contributed by atoms with van der Waals surface area (Å²) in [7, 11) is 0. The molecule has 0 radical (unpaired) electrons. The third-order valence-corrected chi connectivity index (χ3v) is 1.79. The molecule has 1 rings (SSSR count). The fourth-order valence-electron chi connectivity index (χ4n) is 0.764. The lowest BCUT2D eigenvalue weighted by Gasteiger charge is -1.90. The Morgan fingerprint density at radius 2 is 2.38 bits per heavy atom. The Kier molecular flexibility index (Phi) is 3.74. The van der Waals surface area contributed by atoms with Crippen LogP contribution in [0, 0.1) is 11.8 Å². The molecule has 4 heteroatoms. The third kappa shape index (κ3) is 3.05. The largest absolute Gasteiger partial charge is 0.395 e. The highest BCUT2D eigenvalue weighted by Gasteiger charge is 1.94. The zero-order valence-electron chi connectivity index (χ0n) is 6.80. The van der Waals surface area contributed by atoms with Crippen molar-refractivity contribution in [2.75, 3.05) is 6.61 Å². The molecule has 0 saturated heterocycles. The molecule has 0 saturated carbocycles. The fraction of sp³-hybridized carbons (Fsp3) is 0.222. The van der Waals surface area contributed by atoms with Crippen LogP contribution >= 0.6 is 15.9 Å². The molecule has 0 aliphatic carbocycles. The molecular weight excluding hydrogens is 234 g/mol. The maximum atomic E-state index is 11.1. The molecule has 13 heavy (non-hydrogen) atoms. The summed E-state index contributed by atoms with van der Waals surface area (Å²) in [5.74, 6) is 5.35. The molecular formula is C9H8BrNO2. The number of aliphatic hydroxyl groups excluding tert-OH is 1. The minimum atomic E-state index is -0.214. The van der Waals surface area contributed by atoms with Crippen molar-refractivity contribution in [2.45, 2.75) is 6.42 Å². The van der Waals surface area contributed by atoms with E-state index in [1.807, 2.05) is 0 Å². The number of hydrogen-bond donors (Lipinski definition) is 2. The number of pyridine rings is 1. The smallest absolute Gasteiger partial charge is 0.263 e. The Labute approximate surface area is 83.9 Å². The van der Waals surface area contributed by atoms with Gasteiger partial charge in [-0.3, -0.25) is 4.79 Å². The summed E-state index contributed by atoms with van der Waals surface area (Å²) in [5.41, 5.74) is 0.191. The molecule has 0 aromatic carbocycles. The van der Waals surface area contributed by atoms with Crippen molar-refractivity contribution >= 4 is 15.9 Å². The SMILES string of the molecule is O=c1[nH]cc(Br)cc1C#CCCO. The molecule has 0 aliphatic heterocycles. The van der Waals surface area contributed by atoms with Gasteiger partial charge in [0.25, 0.3) is 5.56 Å². The van der Waals surface area contributed by atoms with E-state index in [-0.39, 0.29) is 12.2 Å². The van der Waals surface area contributed by atoms with E-state index in [0.717, 1.165) is 4.47 Å². The minimum Gasteiger partial charge on any atom is -0.395 e. The van der Waals surface area contributed by atoms with Crippen molar-refractivity contribution < 1.29 is 5.11 Å². The maximum absolute atomic E-state index is 11.1. The van der Waals surface area contributed by atoms with Crippen LogP contribution in [0.3, 0.4) is 0 Å². The van der Waals surface area contributed by atoms with Crippen LogP contribution in [0.15, 0.2) is 21.5 Å². The maximum Gasteiger partial charge on any atom is 0.263 e. The first-order chi connectivity index (χ1) is 6.24. The number of hydrogen-bond acceptors (Lipinski definition) is 2. The molecule has 0 atom stereocenters. The van der Waals surface area contributed by atoms with Gasteiger partial charge in [0, 0.05) is 17.1 Å². The lowest BCUT2D eigenvalue weighted by Crippen LogP contribution is -2.08. The second-order valence-corrected chi connectivity index (χ2v) is 3.25. The van der Waals surface area contributed by atoms with Crippen LogP contribution in [-0.2, 0) is 0 Å². The van der Waals surface area contributed by atoms with Crippen LogP contribution in [0.1, 0.15) is 12.0 Å². The minimum absolute atomic E-state index is 0.0128. The number of aliphatic hydroxyl groups is 1. The van der Waals surface area contributed by atoms with Gasteiger partial charge in [-0.15, -0.1) is 0 Å². The summed E-state index contributed by atoms with van der Waals surface area (Å²) in [6.07, 6.45) is 1.94. The molecule has 1 aromatic heterocycles. The quantitative estimate of drug-likeness (QED) is 0.718. The number of nitrogens with one attached hydrogen (secondary N) is 1. The monoisotopic (exact) mass is 241 g/mol. The summed E-state index contributed by atoms with van der Waals surface area (Å²) >= 11 is 3.22. The summed E-state index contributed by atoms with van der Waals surface area (Å²) < 4.78 is 0.778. The molecule has 1 heterocycles. The predicted molar refractivity (Wildman–Crippen MR) is 53.3 cm³/mol. The van der Waals surface area contributed by atoms with E-state index in [2.05, 4.69) is 32.8 Å². The first-order valence-corrected chi connectivity index (χ1v) is 4.51. The molecule has 68 valence electrons. The van der Waals surface area contributed by atoms with Crippen molar-refractivity contribution in [2.24, 2.45) is 0 Å². The third-order valence-electron chi connectivity index (χ3n) is 1.33. The molecule has 2 N–H and O–H groups in total. The normalized spacial score (nSPS) is 9.08. The number of aromatic nitrogens is 1. The van der Waals surface area contributed by atoms with Gasteiger partial charge in [-0.25, -0.2) is 0 Å². The number of rotatable bonds is 1. The predicted octanol–water partition coefficient (Wildman–Crippen LogP) is 0.871. The van der Waals surface area contributed by atoms with Crippen LogP contribution in [0.5, 0.6) is 0 Å².